The minimum atomic E-state index is -0.424. The number of nitrogens with one attached hydrogen (secondary N) is 1. The summed E-state index contributed by atoms with van der Waals surface area (Å²) in [5, 5.41) is 6.20. The van der Waals surface area contributed by atoms with E-state index in [2.05, 4.69) is 39.9 Å². The lowest BCUT2D eigenvalue weighted by Crippen LogP contribution is -2.45. The Balaban J connectivity index is 0.00000312. The second kappa shape index (κ2) is 11.5. The molecule has 3 N–H and O–H groups in total. The molecule has 0 bridgehead atoms. The van der Waals surface area contributed by atoms with E-state index in [-0.39, 0.29) is 30.7 Å². The molecule has 0 radical (unpaired) electrons. The SMILES string of the molecule is CCC(CC)(CN)C(=O)NCCc1ccc(-c2csc(C)n2)cc1.Cl.Cl. The first kappa shape index (κ1) is 24.9. The van der Waals surface area contributed by atoms with Gasteiger partial charge in [-0.15, -0.1) is 36.2 Å². The van der Waals surface area contributed by atoms with Gasteiger partial charge in [-0.25, -0.2) is 4.98 Å². The number of thiazole rings is 1. The van der Waals surface area contributed by atoms with Gasteiger partial charge in [0, 0.05) is 24.0 Å². The number of aryl methyl sites for hydroxylation is 1. The summed E-state index contributed by atoms with van der Waals surface area (Å²) in [6.45, 7) is 7.09. The van der Waals surface area contributed by atoms with Crippen LogP contribution in [0.5, 0.6) is 0 Å². The number of amides is 1. The Morgan fingerprint density at radius 1 is 1.19 bits per heavy atom. The van der Waals surface area contributed by atoms with Crippen molar-refractivity contribution in [3.63, 3.8) is 0 Å². The maximum Gasteiger partial charge on any atom is 0.227 e. The van der Waals surface area contributed by atoms with Gasteiger partial charge < -0.3 is 11.1 Å². The van der Waals surface area contributed by atoms with Gasteiger partial charge in [0.2, 0.25) is 5.91 Å². The lowest BCUT2D eigenvalue weighted by molar-refractivity contribution is -0.131. The number of hydrogen-bond donors (Lipinski definition) is 2. The number of rotatable bonds is 8. The number of nitrogens with zero attached hydrogens (tertiary/aromatic N) is 1. The van der Waals surface area contributed by atoms with Crippen LogP contribution in [0.2, 0.25) is 0 Å². The molecule has 4 nitrogen and oxygen atoms in total. The highest BCUT2D eigenvalue weighted by atomic mass is 35.5. The molecular formula is C19H29Cl2N3OS. The maximum atomic E-state index is 12.4. The van der Waals surface area contributed by atoms with Crippen molar-refractivity contribution in [2.24, 2.45) is 11.1 Å². The minimum Gasteiger partial charge on any atom is -0.355 e. The van der Waals surface area contributed by atoms with Crippen LogP contribution >= 0.6 is 36.2 Å². The molecule has 1 aromatic heterocycles. The smallest absolute Gasteiger partial charge is 0.227 e. The summed E-state index contributed by atoms with van der Waals surface area (Å²) in [7, 11) is 0. The zero-order chi connectivity index (χ0) is 17.6. The molecule has 1 amide bonds. The van der Waals surface area contributed by atoms with Gasteiger partial charge in [-0.1, -0.05) is 38.1 Å². The highest BCUT2D eigenvalue weighted by Crippen LogP contribution is 2.25. The number of aromatic nitrogens is 1. The Morgan fingerprint density at radius 2 is 1.81 bits per heavy atom. The molecule has 0 aliphatic carbocycles. The standard InChI is InChI=1S/C19H27N3OS.2ClH/c1-4-19(5-2,13-20)18(23)21-11-10-15-6-8-16(9-7-15)17-12-24-14(3)22-17;;/h6-9,12H,4-5,10-11,13,20H2,1-3H3,(H,21,23);2*1H. The van der Waals surface area contributed by atoms with Gasteiger partial charge in [0.25, 0.3) is 0 Å². The van der Waals surface area contributed by atoms with E-state index in [0.717, 1.165) is 35.5 Å². The summed E-state index contributed by atoms with van der Waals surface area (Å²) in [4.78, 5) is 16.9. The topological polar surface area (TPSA) is 68.0 Å². The zero-order valence-electron chi connectivity index (χ0n) is 15.6. The van der Waals surface area contributed by atoms with Crippen molar-refractivity contribution in [1.82, 2.24) is 10.3 Å². The molecule has 1 aromatic carbocycles. The third-order valence-corrected chi connectivity index (χ3v) is 5.57. The number of carbonyl (C=O) groups is 1. The van der Waals surface area contributed by atoms with E-state index < -0.39 is 5.41 Å². The van der Waals surface area contributed by atoms with Gasteiger partial charge >= 0.3 is 0 Å². The summed E-state index contributed by atoms with van der Waals surface area (Å²) in [6, 6.07) is 8.39. The summed E-state index contributed by atoms with van der Waals surface area (Å²) < 4.78 is 0. The van der Waals surface area contributed by atoms with E-state index in [9.17, 15) is 4.79 Å². The highest BCUT2D eigenvalue weighted by Gasteiger charge is 2.32. The first-order chi connectivity index (χ1) is 11.5. The molecule has 0 saturated heterocycles. The number of carbonyl (C=O) groups excluding carboxylic acids is 1. The van der Waals surface area contributed by atoms with E-state index in [4.69, 9.17) is 5.73 Å². The molecule has 0 aliphatic heterocycles. The summed E-state index contributed by atoms with van der Waals surface area (Å²) in [5.41, 5.74) is 8.76. The van der Waals surface area contributed by atoms with E-state index in [1.54, 1.807) is 11.3 Å². The maximum absolute atomic E-state index is 12.4. The predicted molar refractivity (Wildman–Crippen MR) is 116 cm³/mol. The van der Waals surface area contributed by atoms with Crippen LogP contribution in [0.1, 0.15) is 37.3 Å². The van der Waals surface area contributed by atoms with Gasteiger partial charge in [-0.05, 0) is 31.7 Å². The fourth-order valence-corrected chi connectivity index (χ4v) is 3.42. The molecule has 0 unspecified atom stereocenters. The molecule has 26 heavy (non-hydrogen) atoms. The molecule has 2 rings (SSSR count). The van der Waals surface area contributed by atoms with Gasteiger partial charge in [0.1, 0.15) is 0 Å². The van der Waals surface area contributed by atoms with Gasteiger partial charge in [0.05, 0.1) is 16.1 Å². The van der Waals surface area contributed by atoms with Crippen LogP contribution in [0.4, 0.5) is 0 Å². The van der Waals surface area contributed by atoms with E-state index >= 15 is 0 Å². The van der Waals surface area contributed by atoms with Crippen molar-refractivity contribution in [2.45, 2.75) is 40.0 Å². The second-order valence-electron chi connectivity index (χ2n) is 6.15. The van der Waals surface area contributed by atoms with Crippen molar-refractivity contribution in [2.75, 3.05) is 13.1 Å². The third-order valence-electron chi connectivity index (χ3n) is 4.79. The monoisotopic (exact) mass is 417 g/mol. The second-order valence-corrected chi connectivity index (χ2v) is 7.21. The number of nitrogens with two attached hydrogens (primary N) is 1. The van der Waals surface area contributed by atoms with Crippen LogP contribution in [0.3, 0.4) is 0 Å². The molecular weight excluding hydrogens is 389 g/mol. The zero-order valence-corrected chi connectivity index (χ0v) is 18.0. The minimum absolute atomic E-state index is 0. The van der Waals surface area contributed by atoms with Crippen molar-refractivity contribution >= 4 is 42.1 Å². The summed E-state index contributed by atoms with van der Waals surface area (Å²) in [5.74, 6) is 0.0737. The van der Waals surface area contributed by atoms with Gasteiger partial charge in [-0.2, -0.15) is 0 Å². The molecule has 7 heteroatoms. The lowest BCUT2D eigenvalue weighted by atomic mass is 9.81. The molecule has 1 heterocycles. The molecule has 0 atom stereocenters. The number of benzene rings is 1. The molecule has 0 saturated carbocycles. The molecule has 2 aromatic rings. The number of halogens is 2. The van der Waals surface area contributed by atoms with Crippen LogP contribution in [-0.2, 0) is 11.2 Å². The third kappa shape index (κ3) is 5.95. The largest absolute Gasteiger partial charge is 0.355 e. The normalized spacial score (nSPS) is 10.6. The van der Waals surface area contributed by atoms with Crippen LogP contribution in [0, 0.1) is 12.3 Å². The van der Waals surface area contributed by atoms with Crippen LogP contribution in [-0.4, -0.2) is 24.0 Å². The van der Waals surface area contributed by atoms with E-state index in [0.29, 0.717) is 13.1 Å². The first-order valence-electron chi connectivity index (χ1n) is 8.54. The Bertz CT molecular complexity index is 661. The molecule has 146 valence electrons. The summed E-state index contributed by atoms with van der Waals surface area (Å²) in [6.07, 6.45) is 2.36. The molecule has 0 fully saturated rings. The van der Waals surface area contributed by atoms with Crippen LogP contribution in [0.15, 0.2) is 29.6 Å². The van der Waals surface area contributed by atoms with Crippen molar-refractivity contribution in [1.29, 1.82) is 0 Å². The van der Waals surface area contributed by atoms with E-state index in [1.165, 1.54) is 5.56 Å². The van der Waals surface area contributed by atoms with Gasteiger partial charge in [-0.3, -0.25) is 4.79 Å². The lowest BCUT2D eigenvalue weighted by Gasteiger charge is -2.28. The highest BCUT2D eigenvalue weighted by molar-refractivity contribution is 7.09. The Hall–Kier alpha value is -1.14. The Morgan fingerprint density at radius 3 is 2.27 bits per heavy atom. The van der Waals surface area contributed by atoms with Gasteiger partial charge in [0.15, 0.2) is 0 Å². The van der Waals surface area contributed by atoms with Crippen LogP contribution < -0.4 is 11.1 Å². The van der Waals surface area contributed by atoms with Crippen molar-refractivity contribution in [3.8, 4) is 11.3 Å². The molecule has 0 aliphatic rings. The average molecular weight is 418 g/mol. The summed E-state index contributed by atoms with van der Waals surface area (Å²) >= 11 is 1.66. The first-order valence-corrected chi connectivity index (χ1v) is 9.42. The van der Waals surface area contributed by atoms with Crippen molar-refractivity contribution < 1.29 is 4.79 Å². The van der Waals surface area contributed by atoms with E-state index in [1.807, 2.05) is 20.8 Å². The average Bonchev–Trinajstić information content (AvgIpc) is 3.04. The van der Waals surface area contributed by atoms with Crippen molar-refractivity contribution in [3.05, 3.63) is 40.2 Å². The molecule has 0 spiro atoms. The Kier molecular flexibility index (Phi) is 11.0. The Labute approximate surface area is 172 Å². The van der Waals surface area contributed by atoms with Crippen LogP contribution in [0.25, 0.3) is 11.3 Å². The predicted octanol–water partition coefficient (Wildman–Crippen LogP) is 4.39. The number of hydrogen-bond acceptors (Lipinski definition) is 4. The fourth-order valence-electron chi connectivity index (χ4n) is 2.80. The quantitative estimate of drug-likeness (QED) is 0.668. The fraction of sp³-hybridized carbons (Fsp3) is 0.474.